The van der Waals surface area contributed by atoms with Gasteiger partial charge in [-0.25, -0.2) is 4.68 Å². The topological polar surface area (TPSA) is 169 Å². The molecule has 0 amide bonds. The lowest BCUT2D eigenvalue weighted by atomic mass is 10.4. The fraction of sp³-hybridized carbons (Fsp3) is 0.500. The average Bonchev–Trinajstić information content (AvgIpc) is 2.69. The molecule has 0 aromatic carbocycles. The lowest BCUT2D eigenvalue weighted by Crippen LogP contribution is -2.19. The molecule has 0 spiro atoms. The third-order valence-corrected chi connectivity index (χ3v) is 2.83. The van der Waals surface area contributed by atoms with Gasteiger partial charge >= 0.3 is 7.60 Å². The molecule has 2 heterocycles. The van der Waals surface area contributed by atoms with E-state index in [0.29, 0.717) is 0 Å². The maximum atomic E-state index is 11.5. The SMILES string of the molecule is CC(Cn1nnc2c(=O)[nH]c(N)nc21)OCP(=O)(O)O. The third kappa shape index (κ3) is 3.39. The van der Waals surface area contributed by atoms with Crippen molar-refractivity contribution < 1.29 is 19.1 Å². The minimum atomic E-state index is -4.23. The van der Waals surface area contributed by atoms with Gasteiger partial charge in [0.1, 0.15) is 6.35 Å². The van der Waals surface area contributed by atoms with Crippen molar-refractivity contribution in [3.63, 3.8) is 0 Å². The van der Waals surface area contributed by atoms with Crippen LogP contribution in [0.25, 0.3) is 11.2 Å². The van der Waals surface area contributed by atoms with Gasteiger partial charge in [-0.1, -0.05) is 5.21 Å². The summed E-state index contributed by atoms with van der Waals surface area (Å²) in [4.78, 5) is 35.2. The van der Waals surface area contributed by atoms with Crippen molar-refractivity contribution in [2.24, 2.45) is 0 Å². The van der Waals surface area contributed by atoms with Crippen molar-refractivity contribution in [2.75, 3.05) is 12.1 Å². The van der Waals surface area contributed by atoms with Gasteiger partial charge in [-0.05, 0) is 6.92 Å². The highest BCUT2D eigenvalue weighted by molar-refractivity contribution is 7.51. The number of nitrogens with one attached hydrogen (secondary N) is 1. The Morgan fingerprint density at radius 1 is 1.55 bits per heavy atom. The van der Waals surface area contributed by atoms with E-state index in [1.807, 2.05) is 0 Å². The maximum absolute atomic E-state index is 11.5. The van der Waals surface area contributed by atoms with Gasteiger partial charge in [0.25, 0.3) is 5.56 Å². The number of rotatable bonds is 5. The highest BCUT2D eigenvalue weighted by Crippen LogP contribution is 2.34. The molecule has 2 aromatic rings. The number of nitrogens with two attached hydrogens (primary N) is 1. The van der Waals surface area contributed by atoms with Crippen molar-refractivity contribution in [1.29, 1.82) is 0 Å². The monoisotopic (exact) mass is 304 g/mol. The number of ether oxygens (including phenoxy) is 1. The van der Waals surface area contributed by atoms with Gasteiger partial charge in [-0.3, -0.25) is 14.3 Å². The predicted molar refractivity (Wildman–Crippen MR) is 67.8 cm³/mol. The Labute approximate surface area is 111 Å². The number of H-pyrrole nitrogens is 1. The van der Waals surface area contributed by atoms with Crippen LogP contribution >= 0.6 is 7.60 Å². The lowest BCUT2D eigenvalue weighted by Gasteiger charge is -2.13. The van der Waals surface area contributed by atoms with E-state index in [4.69, 9.17) is 20.3 Å². The van der Waals surface area contributed by atoms with Crippen LogP contribution in [0.2, 0.25) is 0 Å². The lowest BCUT2D eigenvalue weighted by molar-refractivity contribution is 0.0735. The summed E-state index contributed by atoms with van der Waals surface area (Å²) in [5, 5.41) is 7.40. The average molecular weight is 304 g/mol. The highest BCUT2D eigenvalue weighted by atomic mass is 31.2. The standard InChI is InChI=1S/C8H13N6O5P/c1-4(19-3-20(16,17)18)2-14-6-5(12-13-14)7(15)11-8(9)10-6/h4H,2-3H2,1H3,(H2,16,17,18)(H3,9,10,11,15). The minimum absolute atomic E-state index is 0.0291. The van der Waals surface area contributed by atoms with Gasteiger partial charge in [0.2, 0.25) is 5.95 Å². The van der Waals surface area contributed by atoms with Gasteiger partial charge in [-0.15, -0.1) is 5.10 Å². The molecule has 1 atom stereocenters. The number of nitrogens with zero attached hydrogens (tertiary/aromatic N) is 4. The van der Waals surface area contributed by atoms with E-state index in [1.165, 1.54) is 4.68 Å². The first kappa shape index (κ1) is 14.6. The van der Waals surface area contributed by atoms with Gasteiger partial charge in [0.05, 0.1) is 12.6 Å². The van der Waals surface area contributed by atoms with Crippen LogP contribution in [0.1, 0.15) is 6.92 Å². The van der Waals surface area contributed by atoms with Crippen LogP contribution in [0.4, 0.5) is 5.95 Å². The van der Waals surface area contributed by atoms with Crippen LogP contribution in [0, 0.1) is 0 Å². The van der Waals surface area contributed by atoms with E-state index in [-0.39, 0.29) is 23.7 Å². The van der Waals surface area contributed by atoms with E-state index in [0.717, 1.165) is 0 Å². The van der Waals surface area contributed by atoms with Gasteiger partial charge in [0, 0.05) is 0 Å². The zero-order chi connectivity index (χ0) is 14.9. The Kier molecular flexibility index (Phi) is 3.86. The summed E-state index contributed by atoms with van der Waals surface area (Å²) in [6, 6.07) is 0. The molecule has 1 unspecified atom stereocenters. The molecule has 20 heavy (non-hydrogen) atoms. The van der Waals surface area contributed by atoms with Crippen LogP contribution in [0.15, 0.2) is 4.79 Å². The molecule has 0 aliphatic carbocycles. The van der Waals surface area contributed by atoms with Crippen molar-refractivity contribution in [1.82, 2.24) is 25.0 Å². The number of hydrogen-bond acceptors (Lipinski definition) is 7. The number of aromatic amines is 1. The fourth-order valence-corrected chi connectivity index (χ4v) is 1.98. The third-order valence-electron chi connectivity index (χ3n) is 2.35. The number of nitrogen functional groups attached to an aromatic ring is 1. The Bertz CT molecular complexity index is 720. The molecule has 12 heteroatoms. The maximum Gasteiger partial charge on any atom is 0.350 e. The van der Waals surface area contributed by atoms with Gasteiger partial charge in [-0.2, -0.15) is 4.98 Å². The quantitative estimate of drug-likeness (QED) is 0.487. The summed E-state index contributed by atoms with van der Waals surface area (Å²) >= 11 is 0. The molecule has 0 aliphatic heterocycles. The van der Waals surface area contributed by atoms with Crippen molar-refractivity contribution in [3.05, 3.63) is 10.4 Å². The van der Waals surface area contributed by atoms with Crippen LogP contribution in [0.3, 0.4) is 0 Å². The first-order chi connectivity index (χ1) is 9.26. The molecular formula is C8H13N6O5P. The van der Waals surface area contributed by atoms with E-state index >= 15 is 0 Å². The van der Waals surface area contributed by atoms with Crippen molar-refractivity contribution >= 4 is 24.7 Å². The molecule has 2 aromatic heterocycles. The number of hydrogen-bond donors (Lipinski definition) is 4. The Hall–Kier alpha value is -1.81. The smallest absolute Gasteiger partial charge is 0.350 e. The van der Waals surface area contributed by atoms with Crippen LogP contribution in [-0.2, 0) is 15.8 Å². The van der Waals surface area contributed by atoms with E-state index in [1.54, 1.807) is 6.92 Å². The molecule has 11 nitrogen and oxygen atoms in total. The molecule has 5 N–H and O–H groups in total. The Balaban J connectivity index is 2.18. The molecule has 0 radical (unpaired) electrons. The minimum Gasteiger partial charge on any atom is -0.369 e. The normalized spacial score (nSPS) is 13.8. The zero-order valence-corrected chi connectivity index (χ0v) is 11.3. The molecule has 0 fully saturated rings. The number of fused-ring (bicyclic) bond motifs is 1. The fourth-order valence-electron chi connectivity index (χ4n) is 1.53. The molecule has 2 rings (SSSR count). The second-order valence-corrected chi connectivity index (χ2v) is 5.75. The summed E-state index contributed by atoms with van der Waals surface area (Å²) in [6.07, 6.45) is -1.26. The zero-order valence-electron chi connectivity index (χ0n) is 10.4. The van der Waals surface area contributed by atoms with Crippen LogP contribution in [0.5, 0.6) is 0 Å². The largest absolute Gasteiger partial charge is 0.369 e. The molecule has 0 saturated carbocycles. The van der Waals surface area contributed by atoms with Gasteiger partial charge < -0.3 is 20.3 Å². The predicted octanol–water partition coefficient (Wildman–Crippen LogP) is -1.36. The summed E-state index contributed by atoms with van der Waals surface area (Å²) in [7, 11) is -4.23. The Morgan fingerprint density at radius 2 is 2.25 bits per heavy atom. The molecular weight excluding hydrogens is 291 g/mol. The van der Waals surface area contributed by atoms with Gasteiger partial charge in [0.15, 0.2) is 11.2 Å². The molecule has 0 bridgehead atoms. The highest BCUT2D eigenvalue weighted by Gasteiger charge is 2.18. The van der Waals surface area contributed by atoms with Crippen LogP contribution < -0.4 is 11.3 Å². The second-order valence-electron chi connectivity index (χ2n) is 4.17. The number of anilines is 1. The summed E-state index contributed by atoms with van der Waals surface area (Å²) in [5.74, 6) is -0.0742. The van der Waals surface area contributed by atoms with E-state index in [9.17, 15) is 9.36 Å². The first-order valence-corrected chi connectivity index (χ1v) is 7.31. The second kappa shape index (κ2) is 5.29. The van der Waals surface area contributed by atoms with Crippen LogP contribution in [-0.4, -0.2) is 47.2 Å². The first-order valence-electron chi connectivity index (χ1n) is 5.51. The number of aromatic nitrogens is 5. The van der Waals surface area contributed by atoms with Crippen molar-refractivity contribution in [2.45, 2.75) is 19.6 Å². The molecule has 110 valence electrons. The summed E-state index contributed by atoms with van der Waals surface area (Å²) in [5.41, 5.74) is 5.13. The summed E-state index contributed by atoms with van der Waals surface area (Å²) in [6.45, 7) is 1.71. The molecule has 0 saturated heterocycles. The van der Waals surface area contributed by atoms with E-state index < -0.39 is 25.6 Å². The summed E-state index contributed by atoms with van der Waals surface area (Å²) < 4.78 is 17.0. The van der Waals surface area contributed by atoms with E-state index in [2.05, 4.69) is 20.3 Å². The van der Waals surface area contributed by atoms with Crippen molar-refractivity contribution in [3.8, 4) is 0 Å². The molecule has 0 aliphatic rings. The Morgan fingerprint density at radius 3 is 2.90 bits per heavy atom.